The molecule has 0 saturated carbocycles. The first-order valence-electron chi connectivity index (χ1n) is 10.2. The number of anilines is 2. The minimum atomic E-state index is -4.62. The van der Waals surface area contributed by atoms with Crippen molar-refractivity contribution in [3.8, 4) is 11.3 Å². The van der Waals surface area contributed by atoms with E-state index in [9.17, 15) is 23.1 Å². The van der Waals surface area contributed by atoms with E-state index in [4.69, 9.17) is 0 Å². The molecule has 1 fully saturated rings. The van der Waals surface area contributed by atoms with Crippen molar-refractivity contribution in [2.45, 2.75) is 39.5 Å². The number of aromatic nitrogens is 3. The first-order valence-corrected chi connectivity index (χ1v) is 10.2. The van der Waals surface area contributed by atoms with Gasteiger partial charge in [-0.15, -0.1) is 5.10 Å². The van der Waals surface area contributed by atoms with E-state index in [1.54, 1.807) is 43.6 Å². The molecule has 10 heteroatoms. The summed E-state index contributed by atoms with van der Waals surface area (Å²) in [6, 6.07) is 7.12. The molecule has 0 bridgehead atoms. The number of halogens is 3. The Bertz CT molecular complexity index is 1170. The Balaban J connectivity index is 1.70. The molecule has 3 heterocycles. The number of alkyl halides is 3. The quantitative estimate of drug-likeness (QED) is 0.635. The highest BCUT2D eigenvalue weighted by Gasteiger charge is 2.35. The van der Waals surface area contributed by atoms with Gasteiger partial charge in [0.05, 0.1) is 29.2 Å². The largest absolute Gasteiger partial charge is 0.418 e. The molecule has 1 amide bonds. The number of amides is 1. The first-order chi connectivity index (χ1) is 14.9. The van der Waals surface area contributed by atoms with Crippen LogP contribution in [0.2, 0.25) is 0 Å². The third kappa shape index (κ3) is 4.40. The molecule has 1 aromatic carbocycles. The van der Waals surface area contributed by atoms with Gasteiger partial charge in [0.25, 0.3) is 0 Å². The number of imidazole rings is 1. The lowest BCUT2D eigenvalue weighted by Crippen LogP contribution is -2.28. The van der Waals surface area contributed by atoms with Gasteiger partial charge < -0.3 is 15.3 Å². The molecule has 0 radical (unpaired) electrons. The minimum Gasteiger partial charge on any atom is -0.391 e. The van der Waals surface area contributed by atoms with Gasteiger partial charge in [0.15, 0.2) is 5.65 Å². The van der Waals surface area contributed by atoms with Crippen LogP contribution in [0.3, 0.4) is 0 Å². The highest BCUT2D eigenvalue weighted by atomic mass is 19.4. The molecule has 1 saturated heterocycles. The zero-order valence-electron chi connectivity index (χ0n) is 17.9. The summed E-state index contributed by atoms with van der Waals surface area (Å²) in [7, 11) is 0. The summed E-state index contributed by atoms with van der Waals surface area (Å²) in [5.41, 5.74) is -0.710. The second-order valence-corrected chi connectivity index (χ2v) is 8.97. The lowest BCUT2D eigenvalue weighted by Gasteiger charge is -2.20. The fourth-order valence-electron chi connectivity index (χ4n) is 3.49. The molecule has 170 valence electrons. The molecule has 2 N–H and O–H groups in total. The number of hydrogen-bond donors (Lipinski definition) is 2. The number of hydrogen-bond acceptors (Lipinski definition) is 5. The normalized spacial score (nSPS) is 17.2. The fourth-order valence-corrected chi connectivity index (χ4v) is 3.49. The van der Waals surface area contributed by atoms with Crippen molar-refractivity contribution in [2.24, 2.45) is 5.41 Å². The van der Waals surface area contributed by atoms with Crippen LogP contribution < -0.4 is 10.2 Å². The molecule has 0 spiro atoms. The van der Waals surface area contributed by atoms with E-state index in [0.29, 0.717) is 42.2 Å². The average Bonchev–Trinajstić information content (AvgIpc) is 3.31. The lowest BCUT2D eigenvalue weighted by molar-refractivity contribution is -0.137. The highest BCUT2D eigenvalue weighted by Crippen LogP contribution is 2.37. The van der Waals surface area contributed by atoms with Crippen LogP contribution in [-0.2, 0) is 11.0 Å². The molecule has 2 aromatic heterocycles. The van der Waals surface area contributed by atoms with Crippen LogP contribution in [0.25, 0.3) is 16.9 Å². The molecule has 1 atom stereocenters. The topological polar surface area (TPSA) is 82.8 Å². The van der Waals surface area contributed by atoms with E-state index < -0.39 is 23.1 Å². The van der Waals surface area contributed by atoms with Gasteiger partial charge in [-0.1, -0.05) is 26.8 Å². The number of nitrogens with one attached hydrogen (secondary N) is 1. The van der Waals surface area contributed by atoms with E-state index in [0.717, 1.165) is 6.07 Å². The summed E-state index contributed by atoms with van der Waals surface area (Å²) < 4.78 is 42.1. The van der Waals surface area contributed by atoms with Gasteiger partial charge in [-0.05, 0) is 30.7 Å². The Morgan fingerprint density at radius 1 is 1.19 bits per heavy atom. The van der Waals surface area contributed by atoms with Gasteiger partial charge in [-0.3, -0.25) is 4.79 Å². The number of β-amino-alcohol motifs (C(OH)–C–C–N with tert-alkyl or cyclic N) is 1. The van der Waals surface area contributed by atoms with Gasteiger partial charge in [0.1, 0.15) is 5.82 Å². The SMILES string of the molecule is CC(C)(C)C(=O)Nc1cc(-c2cn3nc(N4CCC(O)C4)ccc3n2)ccc1C(F)(F)F. The Hall–Kier alpha value is -3.14. The van der Waals surface area contributed by atoms with Crippen molar-refractivity contribution < 1.29 is 23.1 Å². The van der Waals surface area contributed by atoms with Crippen molar-refractivity contribution >= 4 is 23.1 Å². The molecule has 1 aliphatic rings. The van der Waals surface area contributed by atoms with E-state index in [-0.39, 0.29) is 11.8 Å². The average molecular weight is 447 g/mol. The number of aliphatic hydroxyl groups excluding tert-OH is 1. The highest BCUT2D eigenvalue weighted by molar-refractivity contribution is 5.96. The lowest BCUT2D eigenvalue weighted by atomic mass is 9.95. The maximum atomic E-state index is 13.5. The monoisotopic (exact) mass is 447 g/mol. The molecule has 1 unspecified atom stereocenters. The van der Waals surface area contributed by atoms with E-state index in [1.807, 2.05) is 4.90 Å². The molecule has 7 nitrogen and oxygen atoms in total. The standard InChI is InChI=1S/C22H24F3N5O2/c1-21(2,3)20(32)27-16-10-13(4-5-15(16)22(23,24)25)17-12-30-18(26-17)6-7-19(28-30)29-9-8-14(31)11-29/h4-7,10,12,14,31H,8-9,11H2,1-3H3,(H,27,32). The van der Waals surface area contributed by atoms with Crippen molar-refractivity contribution in [3.05, 3.63) is 42.1 Å². The number of nitrogens with zero attached hydrogens (tertiary/aromatic N) is 4. The van der Waals surface area contributed by atoms with Gasteiger partial charge in [0.2, 0.25) is 5.91 Å². The fraction of sp³-hybridized carbons (Fsp3) is 0.409. The molecule has 32 heavy (non-hydrogen) atoms. The van der Waals surface area contributed by atoms with E-state index in [1.165, 1.54) is 12.1 Å². The third-order valence-electron chi connectivity index (χ3n) is 5.34. The van der Waals surface area contributed by atoms with Crippen molar-refractivity contribution in [1.29, 1.82) is 0 Å². The molecule has 0 aliphatic carbocycles. The molecule has 1 aliphatic heterocycles. The van der Waals surface area contributed by atoms with Crippen LogP contribution >= 0.6 is 0 Å². The van der Waals surface area contributed by atoms with E-state index in [2.05, 4.69) is 15.4 Å². The van der Waals surface area contributed by atoms with Gasteiger partial charge in [0, 0.05) is 24.1 Å². The van der Waals surface area contributed by atoms with Crippen LogP contribution in [0.15, 0.2) is 36.5 Å². The number of benzene rings is 1. The summed E-state index contributed by atoms with van der Waals surface area (Å²) in [4.78, 5) is 18.8. The van der Waals surface area contributed by atoms with Crippen LogP contribution in [0.4, 0.5) is 24.7 Å². The Morgan fingerprint density at radius 2 is 1.94 bits per heavy atom. The third-order valence-corrected chi connectivity index (χ3v) is 5.34. The first kappa shape index (κ1) is 22.1. The molecule has 4 rings (SSSR count). The minimum absolute atomic E-state index is 0.313. The van der Waals surface area contributed by atoms with Gasteiger partial charge >= 0.3 is 6.18 Å². The summed E-state index contributed by atoms with van der Waals surface area (Å²) in [6.45, 7) is 6.07. The smallest absolute Gasteiger partial charge is 0.391 e. The van der Waals surface area contributed by atoms with Crippen LogP contribution in [0.1, 0.15) is 32.8 Å². The number of rotatable bonds is 3. The van der Waals surface area contributed by atoms with E-state index >= 15 is 0 Å². The van der Waals surface area contributed by atoms with Crippen LogP contribution in [0.5, 0.6) is 0 Å². The van der Waals surface area contributed by atoms with Crippen molar-refractivity contribution in [1.82, 2.24) is 14.6 Å². The van der Waals surface area contributed by atoms with Crippen LogP contribution in [0, 0.1) is 5.41 Å². The predicted molar refractivity (Wildman–Crippen MR) is 114 cm³/mol. The Kier molecular flexibility index (Phi) is 5.36. The Morgan fingerprint density at radius 3 is 2.56 bits per heavy atom. The second-order valence-electron chi connectivity index (χ2n) is 8.97. The molecular formula is C22H24F3N5O2. The van der Waals surface area contributed by atoms with Crippen molar-refractivity contribution in [2.75, 3.05) is 23.3 Å². The predicted octanol–water partition coefficient (Wildman–Crippen LogP) is 3.97. The summed E-state index contributed by atoms with van der Waals surface area (Å²) in [6.07, 6.45) is -2.71. The molecule has 3 aromatic rings. The van der Waals surface area contributed by atoms with Crippen LogP contribution in [-0.4, -0.2) is 44.8 Å². The van der Waals surface area contributed by atoms with Crippen molar-refractivity contribution in [3.63, 3.8) is 0 Å². The van der Waals surface area contributed by atoms with Gasteiger partial charge in [-0.2, -0.15) is 13.2 Å². The van der Waals surface area contributed by atoms with Gasteiger partial charge in [-0.25, -0.2) is 9.50 Å². The zero-order valence-corrected chi connectivity index (χ0v) is 17.9. The summed E-state index contributed by atoms with van der Waals surface area (Å²) in [5.74, 6) is 0.165. The Labute approximate surface area is 182 Å². The number of aliphatic hydroxyl groups is 1. The second kappa shape index (κ2) is 7.77. The summed E-state index contributed by atoms with van der Waals surface area (Å²) in [5, 5.41) is 16.7. The summed E-state index contributed by atoms with van der Waals surface area (Å²) >= 11 is 0. The number of fused-ring (bicyclic) bond motifs is 1. The molecular weight excluding hydrogens is 423 g/mol. The maximum absolute atomic E-state index is 13.5. The number of carbonyl (C=O) groups excluding carboxylic acids is 1. The number of carbonyl (C=O) groups is 1. The maximum Gasteiger partial charge on any atom is 0.418 e. The zero-order chi connectivity index (χ0) is 23.3.